The standard InChI is InChI=1S/C31H19BrO/c32-28-15-7-14-26-25-13-6-12-21(30(25)33-31(26)28)20-16-17-24-27(18-20)22-10-4-5-11-23(22)29(24)19-8-2-1-3-9-19/h1-18,29H. The van der Waals surface area contributed by atoms with Crippen LogP contribution in [0, 0.1) is 0 Å². The van der Waals surface area contributed by atoms with Crippen LogP contribution in [0.3, 0.4) is 0 Å². The third kappa shape index (κ3) is 2.77. The lowest BCUT2D eigenvalue weighted by molar-refractivity contribution is 0.668. The van der Waals surface area contributed by atoms with Crippen LogP contribution in [0.1, 0.15) is 22.6 Å². The van der Waals surface area contributed by atoms with Gasteiger partial charge in [0, 0.05) is 22.3 Å². The second-order valence-electron chi connectivity index (χ2n) is 8.63. The average Bonchev–Trinajstić information content (AvgIpc) is 3.41. The maximum Gasteiger partial charge on any atom is 0.149 e. The Morgan fingerprint density at radius 1 is 0.545 bits per heavy atom. The Kier molecular flexibility index (Phi) is 4.12. The van der Waals surface area contributed by atoms with Crippen molar-refractivity contribution in [1.29, 1.82) is 0 Å². The molecule has 0 radical (unpaired) electrons. The Bertz CT molecular complexity index is 1680. The number of fused-ring (bicyclic) bond motifs is 6. The van der Waals surface area contributed by atoms with Crippen molar-refractivity contribution in [1.82, 2.24) is 0 Å². The highest BCUT2D eigenvalue weighted by atomic mass is 79.9. The van der Waals surface area contributed by atoms with Crippen molar-refractivity contribution in [3.8, 4) is 22.3 Å². The van der Waals surface area contributed by atoms with Gasteiger partial charge in [-0.05, 0) is 61.4 Å². The van der Waals surface area contributed by atoms with Crippen molar-refractivity contribution in [2.75, 3.05) is 0 Å². The smallest absolute Gasteiger partial charge is 0.149 e. The highest BCUT2D eigenvalue weighted by Crippen LogP contribution is 2.49. The Morgan fingerprint density at radius 3 is 2.12 bits per heavy atom. The molecule has 0 fully saturated rings. The van der Waals surface area contributed by atoms with E-state index < -0.39 is 0 Å². The molecule has 1 nitrogen and oxygen atoms in total. The number of rotatable bonds is 2. The number of hydrogen-bond donors (Lipinski definition) is 0. The fourth-order valence-electron chi connectivity index (χ4n) is 5.39. The molecule has 0 aliphatic heterocycles. The molecule has 5 aromatic carbocycles. The Labute approximate surface area is 200 Å². The lowest BCUT2D eigenvalue weighted by Crippen LogP contribution is -1.98. The molecule has 2 heteroatoms. The first kappa shape index (κ1) is 18.9. The van der Waals surface area contributed by atoms with E-state index in [1.54, 1.807) is 0 Å². The summed E-state index contributed by atoms with van der Waals surface area (Å²) in [5.41, 5.74) is 10.8. The van der Waals surface area contributed by atoms with Crippen molar-refractivity contribution in [3.63, 3.8) is 0 Å². The predicted molar refractivity (Wildman–Crippen MR) is 140 cm³/mol. The third-order valence-corrected chi connectivity index (χ3v) is 7.47. The maximum absolute atomic E-state index is 6.40. The zero-order valence-electron chi connectivity index (χ0n) is 17.8. The molecule has 6 aromatic rings. The average molecular weight is 487 g/mol. The molecule has 0 spiro atoms. The quantitative estimate of drug-likeness (QED) is 0.237. The topological polar surface area (TPSA) is 13.1 Å². The van der Waals surface area contributed by atoms with Gasteiger partial charge in [-0.1, -0.05) is 97.1 Å². The predicted octanol–water partition coefficient (Wildman–Crippen LogP) is 9.18. The van der Waals surface area contributed by atoms with Crippen LogP contribution in [0.2, 0.25) is 0 Å². The van der Waals surface area contributed by atoms with E-state index in [9.17, 15) is 0 Å². The summed E-state index contributed by atoms with van der Waals surface area (Å²) in [6, 6.07) is 39.2. The van der Waals surface area contributed by atoms with Crippen LogP contribution < -0.4 is 0 Å². The molecule has 0 saturated carbocycles. The monoisotopic (exact) mass is 486 g/mol. The molecular weight excluding hydrogens is 468 g/mol. The molecule has 0 amide bonds. The normalized spacial score (nSPS) is 14.5. The zero-order valence-corrected chi connectivity index (χ0v) is 19.3. The van der Waals surface area contributed by atoms with Gasteiger partial charge in [0.1, 0.15) is 11.2 Å². The number of halogens is 1. The molecule has 1 unspecified atom stereocenters. The summed E-state index contributed by atoms with van der Waals surface area (Å²) in [5, 5.41) is 2.28. The van der Waals surface area contributed by atoms with Crippen LogP contribution in [0.15, 0.2) is 118 Å². The van der Waals surface area contributed by atoms with Crippen molar-refractivity contribution in [2.45, 2.75) is 5.92 Å². The third-order valence-electron chi connectivity index (χ3n) is 6.85. The molecule has 1 aromatic heterocycles. The van der Waals surface area contributed by atoms with E-state index >= 15 is 0 Å². The molecular formula is C31H19BrO. The molecule has 0 bridgehead atoms. The minimum Gasteiger partial charge on any atom is -0.454 e. The fourth-order valence-corrected chi connectivity index (χ4v) is 5.84. The van der Waals surface area contributed by atoms with Crippen LogP contribution in [-0.4, -0.2) is 0 Å². The Balaban J connectivity index is 1.46. The minimum atomic E-state index is 0.268. The van der Waals surface area contributed by atoms with Crippen LogP contribution in [0.5, 0.6) is 0 Å². The summed E-state index contributed by atoms with van der Waals surface area (Å²) in [7, 11) is 0. The van der Waals surface area contributed by atoms with Gasteiger partial charge < -0.3 is 4.42 Å². The van der Waals surface area contributed by atoms with Crippen molar-refractivity contribution >= 4 is 37.9 Å². The molecule has 33 heavy (non-hydrogen) atoms. The number of benzene rings is 5. The van der Waals surface area contributed by atoms with Gasteiger partial charge in [-0.15, -0.1) is 0 Å². The molecule has 156 valence electrons. The first-order valence-electron chi connectivity index (χ1n) is 11.2. The Hall–Kier alpha value is -3.62. The molecule has 1 aliphatic rings. The first-order valence-corrected chi connectivity index (χ1v) is 12.0. The summed E-state index contributed by atoms with van der Waals surface area (Å²) in [6.45, 7) is 0. The summed E-state index contributed by atoms with van der Waals surface area (Å²) in [6.07, 6.45) is 0. The molecule has 0 N–H and O–H groups in total. The van der Waals surface area contributed by atoms with E-state index in [2.05, 4.69) is 119 Å². The lowest BCUT2D eigenvalue weighted by atomic mass is 9.89. The van der Waals surface area contributed by atoms with Crippen molar-refractivity contribution < 1.29 is 4.42 Å². The molecule has 1 atom stereocenters. The van der Waals surface area contributed by atoms with Crippen LogP contribution in [0.4, 0.5) is 0 Å². The summed E-state index contributed by atoms with van der Waals surface area (Å²) >= 11 is 3.65. The van der Waals surface area contributed by atoms with Crippen molar-refractivity contribution in [2.24, 2.45) is 0 Å². The highest BCUT2D eigenvalue weighted by Gasteiger charge is 2.30. The van der Waals surface area contributed by atoms with Gasteiger partial charge in [0.25, 0.3) is 0 Å². The molecule has 1 aliphatic carbocycles. The van der Waals surface area contributed by atoms with Gasteiger partial charge >= 0.3 is 0 Å². The van der Waals surface area contributed by atoms with Crippen LogP contribution >= 0.6 is 15.9 Å². The number of hydrogen-bond acceptors (Lipinski definition) is 1. The zero-order chi connectivity index (χ0) is 21.9. The summed E-state index contributed by atoms with van der Waals surface area (Å²) < 4.78 is 7.38. The summed E-state index contributed by atoms with van der Waals surface area (Å²) in [5.74, 6) is 0.268. The first-order chi connectivity index (χ1) is 16.3. The molecule has 7 rings (SSSR count). The van der Waals surface area contributed by atoms with E-state index in [1.807, 2.05) is 6.07 Å². The second kappa shape index (κ2) is 7.19. The maximum atomic E-state index is 6.40. The Morgan fingerprint density at radius 2 is 1.24 bits per heavy atom. The number of furan rings is 1. The largest absolute Gasteiger partial charge is 0.454 e. The fraction of sp³-hybridized carbons (Fsp3) is 0.0323. The number of para-hydroxylation sites is 2. The van der Waals surface area contributed by atoms with E-state index in [0.717, 1.165) is 32.0 Å². The van der Waals surface area contributed by atoms with E-state index in [-0.39, 0.29) is 5.92 Å². The van der Waals surface area contributed by atoms with Crippen molar-refractivity contribution in [3.05, 3.63) is 130 Å². The van der Waals surface area contributed by atoms with Gasteiger partial charge in [-0.2, -0.15) is 0 Å². The van der Waals surface area contributed by atoms with Gasteiger partial charge in [0.15, 0.2) is 0 Å². The van der Waals surface area contributed by atoms with E-state index in [0.29, 0.717) is 0 Å². The van der Waals surface area contributed by atoms with Gasteiger partial charge in [0.2, 0.25) is 0 Å². The van der Waals surface area contributed by atoms with Gasteiger partial charge in [-0.25, -0.2) is 0 Å². The second-order valence-corrected chi connectivity index (χ2v) is 9.49. The highest BCUT2D eigenvalue weighted by molar-refractivity contribution is 9.10. The minimum absolute atomic E-state index is 0.268. The lowest BCUT2D eigenvalue weighted by Gasteiger charge is -2.14. The van der Waals surface area contributed by atoms with Crippen LogP contribution in [0.25, 0.3) is 44.2 Å². The summed E-state index contributed by atoms with van der Waals surface area (Å²) in [4.78, 5) is 0. The van der Waals surface area contributed by atoms with E-state index in [4.69, 9.17) is 4.42 Å². The van der Waals surface area contributed by atoms with Crippen LogP contribution in [-0.2, 0) is 0 Å². The van der Waals surface area contributed by atoms with Gasteiger partial charge in [-0.3, -0.25) is 0 Å². The SMILES string of the molecule is Brc1cccc2c1oc1c(-c3ccc4c(c3)-c3ccccc3C4c3ccccc3)cccc12. The van der Waals surface area contributed by atoms with Gasteiger partial charge in [0.05, 0.1) is 4.47 Å². The molecule has 0 saturated heterocycles. The van der Waals surface area contributed by atoms with E-state index in [1.165, 1.54) is 33.4 Å². The molecule has 1 heterocycles.